The van der Waals surface area contributed by atoms with E-state index in [9.17, 15) is 9.59 Å². The average molecular weight is 364 g/mol. The molecule has 0 atom stereocenters. The number of carbonyl (C=O) groups is 2. The van der Waals surface area contributed by atoms with Crippen LogP contribution in [-0.2, 0) is 11.2 Å². The Morgan fingerprint density at radius 1 is 1.24 bits per heavy atom. The quantitative estimate of drug-likeness (QED) is 0.784. The van der Waals surface area contributed by atoms with Gasteiger partial charge in [0.1, 0.15) is 0 Å². The lowest BCUT2D eigenvalue weighted by Crippen LogP contribution is -2.43. The fourth-order valence-corrected chi connectivity index (χ4v) is 4.79. The number of aryl methyl sites for hydroxylation is 1. The number of carboxylic acids is 1. The molecular formula is C20H26ClNO3. The van der Waals surface area contributed by atoms with Crippen molar-refractivity contribution in [2.45, 2.75) is 57.8 Å². The van der Waals surface area contributed by atoms with Crippen LogP contribution in [0.15, 0.2) is 18.2 Å². The minimum absolute atomic E-state index is 0.0488. The van der Waals surface area contributed by atoms with Crippen molar-refractivity contribution in [1.29, 1.82) is 0 Å². The minimum atomic E-state index is -0.843. The fraction of sp³-hybridized carbons (Fsp3) is 0.600. The smallest absolute Gasteiger partial charge is 0.303 e. The van der Waals surface area contributed by atoms with Gasteiger partial charge >= 0.3 is 5.97 Å². The molecule has 2 fully saturated rings. The molecule has 2 aliphatic rings. The summed E-state index contributed by atoms with van der Waals surface area (Å²) in [4.78, 5) is 23.4. The first-order valence-corrected chi connectivity index (χ1v) is 9.64. The van der Waals surface area contributed by atoms with E-state index < -0.39 is 5.97 Å². The van der Waals surface area contributed by atoms with Crippen LogP contribution in [0.2, 0.25) is 5.02 Å². The summed E-state index contributed by atoms with van der Waals surface area (Å²) in [5, 5.41) is 12.3. The van der Waals surface area contributed by atoms with Crippen LogP contribution >= 0.6 is 11.6 Å². The predicted octanol–water partition coefficient (Wildman–Crippen LogP) is 4.45. The number of halogens is 1. The molecule has 0 aliphatic heterocycles. The average Bonchev–Trinajstić information content (AvgIpc) is 2.59. The number of carbonyl (C=O) groups excluding carboxylic acids is 1. The van der Waals surface area contributed by atoms with Gasteiger partial charge in [0, 0.05) is 13.0 Å². The molecule has 0 heterocycles. The van der Waals surface area contributed by atoms with Gasteiger partial charge in [0.15, 0.2) is 0 Å². The van der Waals surface area contributed by atoms with Crippen molar-refractivity contribution in [3.05, 3.63) is 34.3 Å². The molecular weight excluding hydrogens is 338 g/mol. The number of carboxylic acid groups (broad SMARTS) is 1. The molecule has 1 aromatic rings. The number of amides is 1. The molecule has 2 bridgehead atoms. The molecule has 25 heavy (non-hydrogen) atoms. The topological polar surface area (TPSA) is 66.4 Å². The number of hydrogen-bond acceptors (Lipinski definition) is 2. The Labute approximate surface area is 153 Å². The molecule has 0 unspecified atom stereocenters. The molecule has 2 aliphatic carbocycles. The van der Waals surface area contributed by atoms with E-state index in [1.807, 2.05) is 0 Å². The van der Waals surface area contributed by atoms with Gasteiger partial charge in [-0.15, -0.1) is 0 Å². The van der Waals surface area contributed by atoms with Gasteiger partial charge in [-0.2, -0.15) is 0 Å². The zero-order valence-electron chi connectivity index (χ0n) is 14.5. The number of hydrogen-bond donors (Lipinski definition) is 2. The van der Waals surface area contributed by atoms with Gasteiger partial charge in [-0.05, 0) is 54.7 Å². The summed E-state index contributed by atoms with van der Waals surface area (Å²) >= 11 is 6.20. The Morgan fingerprint density at radius 3 is 2.64 bits per heavy atom. The van der Waals surface area contributed by atoms with Crippen molar-refractivity contribution in [3.63, 3.8) is 0 Å². The van der Waals surface area contributed by atoms with E-state index in [1.54, 1.807) is 18.2 Å². The summed E-state index contributed by atoms with van der Waals surface area (Å²) in [6, 6.07) is 5.19. The molecule has 136 valence electrons. The van der Waals surface area contributed by atoms with Gasteiger partial charge in [-0.1, -0.05) is 43.4 Å². The van der Waals surface area contributed by atoms with E-state index in [4.69, 9.17) is 16.7 Å². The monoisotopic (exact) mass is 363 g/mol. The van der Waals surface area contributed by atoms with Crippen molar-refractivity contribution >= 4 is 23.5 Å². The molecule has 1 amide bonds. The Balaban J connectivity index is 1.64. The minimum Gasteiger partial charge on any atom is -0.481 e. The number of benzene rings is 1. The van der Waals surface area contributed by atoms with Crippen LogP contribution in [0.1, 0.15) is 67.3 Å². The third kappa shape index (κ3) is 4.55. The standard InChI is InChI=1S/C20H26ClNO3/c21-17-7-5-14(6-8-18(23)24)11-16(17)19(25)22-13-20-9-1-3-15(12-20)4-2-10-20/h5,7,11,15H,1-4,6,8-10,12-13H2,(H,22,25)(H,23,24). The maximum Gasteiger partial charge on any atom is 0.303 e. The summed E-state index contributed by atoms with van der Waals surface area (Å²) in [7, 11) is 0. The highest BCUT2D eigenvalue weighted by atomic mass is 35.5. The number of aliphatic carboxylic acids is 1. The van der Waals surface area contributed by atoms with Crippen LogP contribution in [0.25, 0.3) is 0 Å². The summed E-state index contributed by atoms with van der Waals surface area (Å²) in [5.74, 6) is -0.157. The Bertz CT molecular complexity index is 648. The lowest BCUT2D eigenvalue weighted by atomic mass is 9.62. The summed E-state index contributed by atoms with van der Waals surface area (Å²) < 4.78 is 0. The molecule has 5 heteroatoms. The van der Waals surface area contributed by atoms with Crippen molar-refractivity contribution in [2.24, 2.45) is 11.3 Å². The highest BCUT2D eigenvalue weighted by molar-refractivity contribution is 6.33. The second kappa shape index (κ2) is 7.77. The van der Waals surface area contributed by atoms with Crippen LogP contribution in [0, 0.1) is 11.3 Å². The first-order valence-electron chi connectivity index (χ1n) is 9.26. The SMILES string of the molecule is O=C(O)CCc1ccc(Cl)c(C(=O)NCC23CCCC(CCC2)C3)c1. The number of fused-ring (bicyclic) bond motifs is 2. The second-order valence-corrected chi connectivity index (χ2v) is 8.15. The van der Waals surface area contributed by atoms with Crippen molar-refractivity contribution in [2.75, 3.05) is 6.54 Å². The third-order valence-corrected chi connectivity index (χ3v) is 6.22. The maximum atomic E-state index is 12.6. The molecule has 3 rings (SSSR count). The van der Waals surface area contributed by atoms with E-state index in [0.29, 0.717) is 17.0 Å². The summed E-state index contributed by atoms with van der Waals surface area (Å²) in [5.41, 5.74) is 1.54. The molecule has 1 aromatic carbocycles. The molecule has 0 spiro atoms. The van der Waals surface area contributed by atoms with Gasteiger partial charge in [-0.3, -0.25) is 9.59 Å². The zero-order chi connectivity index (χ0) is 17.9. The Morgan fingerprint density at radius 2 is 1.96 bits per heavy atom. The van der Waals surface area contributed by atoms with Crippen LogP contribution in [0.5, 0.6) is 0 Å². The Kier molecular flexibility index (Phi) is 5.67. The van der Waals surface area contributed by atoms with Gasteiger partial charge in [0.25, 0.3) is 5.91 Å². The van der Waals surface area contributed by atoms with Gasteiger partial charge in [0.2, 0.25) is 0 Å². The molecule has 0 saturated heterocycles. The summed E-state index contributed by atoms with van der Waals surface area (Å²) in [6.45, 7) is 0.720. The van der Waals surface area contributed by atoms with Crippen molar-refractivity contribution < 1.29 is 14.7 Å². The van der Waals surface area contributed by atoms with Gasteiger partial charge in [-0.25, -0.2) is 0 Å². The van der Waals surface area contributed by atoms with E-state index in [-0.39, 0.29) is 17.7 Å². The Hall–Kier alpha value is -1.55. The van der Waals surface area contributed by atoms with Crippen LogP contribution in [0.4, 0.5) is 0 Å². The lowest BCUT2D eigenvalue weighted by molar-refractivity contribution is -0.136. The first-order chi connectivity index (χ1) is 12.0. The highest BCUT2D eigenvalue weighted by Crippen LogP contribution is 2.48. The predicted molar refractivity (Wildman–Crippen MR) is 98.0 cm³/mol. The van der Waals surface area contributed by atoms with Crippen LogP contribution in [-0.4, -0.2) is 23.5 Å². The number of nitrogens with one attached hydrogen (secondary N) is 1. The molecule has 0 radical (unpaired) electrons. The molecule has 2 N–H and O–H groups in total. The van der Waals surface area contributed by atoms with E-state index >= 15 is 0 Å². The largest absolute Gasteiger partial charge is 0.481 e. The maximum absolute atomic E-state index is 12.6. The third-order valence-electron chi connectivity index (χ3n) is 5.89. The van der Waals surface area contributed by atoms with E-state index in [2.05, 4.69) is 5.32 Å². The summed E-state index contributed by atoms with van der Waals surface area (Å²) in [6.07, 6.45) is 9.32. The first kappa shape index (κ1) is 18.2. The van der Waals surface area contributed by atoms with Gasteiger partial charge in [0.05, 0.1) is 10.6 Å². The highest BCUT2D eigenvalue weighted by Gasteiger charge is 2.39. The molecule has 4 nitrogen and oxygen atoms in total. The second-order valence-electron chi connectivity index (χ2n) is 7.75. The normalized spacial score (nSPS) is 25.4. The fourth-order valence-electron chi connectivity index (χ4n) is 4.59. The van der Waals surface area contributed by atoms with Gasteiger partial charge < -0.3 is 10.4 Å². The van der Waals surface area contributed by atoms with Crippen LogP contribution < -0.4 is 5.32 Å². The number of rotatable bonds is 6. The van der Waals surface area contributed by atoms with Crippen LogP contribution in [0.3, 0.4) is 0 Å². The van der Waals surface area contributed by atoms with E-state index in [1.165, 1.54) is 44.9 Å². The zero-order valence-corrected chi connectivity index (χ0v) is 15.3. The van der Waals surface area contributed by atoms with E-state index in [0.717, 1.165) is 18.0 Å². The molecule has 0 aromatic heterocycles. The van der Waals surface area contributed by atoms with Crippen molar-refractivity contribution in [1.82, 2.24) is 5.32 Å². The molecule has 2 saturated carbocycles. The van der Waals surface area contributed by atoms with Crippen molar-refractivity contribution in [3.8, 4) is 0 Å². The lowest BCUT2D eigenvalue weighted by Gasteiger charge is -2.45.